The van der Waals surface area contributed by atoms with Crippen LogP contribution in [0.1, 0.15) is 23.7 Å². The van der Waals surface area contributed by atoms with Gasteiger partial charge in [0.15, 0.2) is 0 Å². The molecule has 0 saturated carbocycles. The molecule has 1 heterocycles. The van der Waals surface area contributed by atoms with E-state index in [0.717, 1.165) is 44.7 Å². The molecule has 1 aliphatic rings. The molecule has 4 heteroatoms. The smallest absolute Gasteiger partial charge is 0.0813 e. The van der Waals surface area contributed by atoms with Gasteiger partial charge < -0.3 is 15.3 Å². The summed E-state index contributed by atoms with van der Waals surface area (Å²) in [6, 6.07) is 6.34. The molecule has 3 nitrogen and oxygen atoms in total. The highest BCUT2D eigenvalue weighted by atomic mass is 32.2. The zero-order chi connectivity index (χ0) is 13.7. The Morgan fingerprint density at radius 1 is 1.37 bits per heavy atom. The molecule has 0 aliphatic carbocycles. The van der Waals surface area contributed by atoms with Crippen LogP contribution in [0.4, 0.5) is 0 Å². The minimum absolute atomic E-state index is 0.350. The van der Waals surface area contributed by atoms with Crippen LogP contribution < -0.4 is 5.32 Å². The zero-order valence-electron chi connectivity index (χ0n) is 11.9. The Kier molecular flexibility index (Phi) is 5.70. The van der Waals surface area contributed by atoms with Crippen molar-refractivity contribution < 1.29 is 5.11 Å². The Morgan fingerprint density at radius 3 is 2.79 bits per heavy atom. The van der Waals surface area contributed by atoms with Crippen LogP contribution in [0, 0.1) is 6.92 Å². The highest BCUT2D eigenvalue weighted by Gasteiger charge is 2.15. The molecular formula is C15H24N2OS. The quantitative estimate of drug-likeness (QED) is 0.809. The van der Waals surface area contributed by atoms with Gasteiger partial charge in [-0.2, -0.15) is 0 Å². The third-order valence-corrected chi connectivity index (χ3v) is 4.48. The van der Waals surface area contributed by atoms with Crippen LogP contribution in [0.15, 0.2) is 23.1 Å². The highest BCUT2D eigenvalue weighted by Crippen LogP contribution is 2.28. The molecule has 0 radical (unpaired) electrons. The number of rotatable bonds is 5. The Morgan fingerprint density at radius 2 is 2.11 bits per heavy atom. The maximum absolute atomic E-state index is 10.4. The van der Waals surface area contributed by atoms with Crippen molar-refractivity contribution >= 4 is 11.8 Å². The third kappa shape index (κ3) is 4.21. The van der Waals surface area contributed by atoms with Crippen LogP contribution in [0.2, 0.25) is 0 Å². The summed E-state index contributed by atoms with van der Waals surface area (Å²) in [6.45, 7) is 7.38. The summed E-state index contributed by atoms with van der Waals surface area (Å²) in [5, 5.41) is 13.8. The van der Waals surface area contributed by atoms with Gasteiger partial charge >= 0.3 is 0 Å². The van der Waals surface area contributed by atoms with E-state index in [0.29, 0.717) is 0 Å². The van der Waals surface area contributed by atoms with Crippen molar-refractivity contribution in [1.29, 1.82) is 0 Å². The van der Waals surface area contributed by atoms with E-state index >= 15 is 0 Å². The molecular weight excluding hydrogens is 256 g/mol. The molecule has 0 aromatic heterocycles. The van der Waals surface area contributed by atoms with Crippen molar-refractivity contribution in [3.05, 3.63) is 29.3 Å². The van der Waals surface area contributed by atoms with Crippen LogP contribution in [-0.2, 0) is 0 Å². The number of aliphatic hydroxyl groups excluding tert-OH is 1. The van der Waals surface area contributed by atoms with Crippen molar-refractivity contribution in [2.45, 2.75) is 24.3 Å². The number of aliphatic hydroxyl groups is 1. The molecule has 1 aromatic carbocycles. The Bertz CT molecular complexity index is 405. The molecule has 0 bridgehead atoms. The van der Waals surface area contributed by atoms with Gasteiger partial charge in [0.2, 0.25) is 0 Å². The van der Waals surface area contributed by atoms with Gasteiger partial charge in [0.05, 0.1) is 6.10 Å². The summed E-state index contributed by atoms with van der Waals surface area (Å²) in [5.41, 5.74) is 2.30. The van der Waals surface area contributed by atoms with E-state index in [-0.39, 0.29) is 6.10 Å². The summed E-state index contributed by atoms with van der Waals surface area (Å²) < 4.78 is 0. The molecule has 0 spiro atoms. The number of benzene rings is 1. The van der Waals surface area contributed by atoms with Crippen LogP contribution in [0.25, 0.3) is 0 Å². The van der Waals surface area contributed by atoms with E-state index in [1.165, 1.54) is 10.5 Å². The van der Waals surface area contributed by atoms with Crippen LogP contribution in [-0.4, -0.2) is 49.0 Å². The minimum atomic E-state index is -0.350. The van der Waals surface area contributed by atoms with E-state index in [1.54, 1.807) is 11.8 Å². The molecule has 2 N–H and O–H groups in total. The second kappa shape index (κ2) is 7.29. The molecule has 1 saturated heterocycles. The molecule has 1 fully saturated rings. The standard InChI is InChI=1S/C15H24N2OS/c1-12-3-4-15(19-2)13(11-12)14(18)5-8-17-9-6-16-7-10-17/h3-4,11,14,16,18H,5-10H2,1-2H3. The van der Waals surface area contributed by atoms with Crippen molar-refractivity contribution in [2.75, 3.05) is 39.0 Å². The van der Waals surface area contributed by atoms with Gasteiger partial charge in [0, 0.05) is 37.6 Å². The number of piperazine rings is 1. The lowest BCUT2D eigenvalue weighted by molar-refractivity contribution is 0.134. The van der Waals surface area contributed by atoms with Crippen LogP contribution in [0.3, 0.4) is 0 Å². The zero-order valence-corrected chi connectivity index (χ0v) is 12.7. The number of hydrogen-bond donors (Lipinski definition) is 2. The molecule has 19 heavy (non-hydrogen) atoms. The van der Waals surface area contributed by atoms with E-state index in [4.69, 9.17) is 0 Å². The Balaban J connectivity index is 1.94. The first-order valence-corrected chi connectivity index (χ1v) is 8.19. The summed E-state index contributed by atoms with van der Waals surface area (Å²) in [5.74, 6) is 0. The summed E-state index contributed by atoms with van der Waals surface area (Å²) in [6.07, 6.45) is 2.53. The summed E-state index contributed by atoms with van der Waals surface area (Å²) in [7, 11) is 0. The molecule has 1 aliphatic heterocycles. The fourth-order valence-electron chi connectivity index (χ4n) is 2.51. The largest absolute Gasteiger partial charge is 0.388 e. The van der Waals surface area contributed by atoms with Crippen molar-refractivity contribution in [3.63, 3.8) is 0 Å². The van der Waals surface area contributed by atoms with E-state index in [1.807, 2.05) is 0 Å². The van der Waals surface area contributed by atoms with Gasteiger partial charge in [0.25, 0.3) is 0 Å². The number of nitrogens with one attached hydrogen (secondary N) is 1. The first-order valence-electron chi connectivity index (χ1n) is 6.96. The lowest BCUT2D eigenvalue weighted by Crippen LogP contribution is -2.44. The van der Waals surface area contributed by atoms with Gasteiger partial charge in [-0.15, -0.1) is 11.8 Å². The molecule has 1 atom stereocenters. The number of hydrogen-bond acceptors (Lipinski definition) is 4. The van der Waals surface area contributed by atoms with Gasteiger partial charge in [-0.05, 0) is 31.2 Å². The summed E-state index contributed by atoms with van der Waals surface area (Å²) >= 11 is 1.71. The third-order valence-electron chi connectivity index (χ3n) is 3.67. The number of nitrogens with zero attached hydrogens (tertiary/aromatic N) is 1. The fraction of sp³-hybridized carbons (Fsp3) is 0.600. The molecule has 106 valence electrons. The fourth-order valence-corrected chi connectivity index (χ4v) is 3.14. The van der Waals surface area contributed by atoms with E-state index in [2.05, 4.69) is 41.6 Å². The predicted molar refractivity (Wildman–Crippen MR) is 81.8 cm³/mol. The molecule has 2 rings (SSSR count). The normalized spacial score (nSPS) is 18.5. The molecule has 1 aromatic rings. The van der Waals surface area contributed by atoms with Crippen LogP contribution in [0.5, 0.6) is 0 Å². The SMILES string of the molecule is CSc1ccc(C)cc1C(O)CCN1CCNCC1. The average molecular weight is 280 g/mol. The second-order valence-corrected chi connectivity index (χ2v) is 5.99. The van der Waals surface area contributed by atoms with Gasteiger partial charge in [0.1, 0.15) is 0 Å². The van der Waals surface area contributed by atoms with Crippen molar-refractivity contribution in [2.24, 2.45) is 0 Å². The highest BCUT2D eigenvalue weighted by molar-refractivity contribution is 7.98. The van der Waals surface area contributed by atoms with Gasteiger partial charge in [-0.3, -0.25) is 0 Å². The maximum atomic E-state index is 10.4. The van der Waals surface area contributed by atoms with Crippen molar-refractivity contribution in [1.82, 2.24) is 10.2 Å². The Hall–Kier alpha value is -0.550. The maximum Gasteiger partial charge on any atom is 0.0813 e. The molecule has 0 amide bonds. The number of thioether (sulfide) groups is 1. The Labute approximate surface area is 120 Å². The first kappa shape index (κ1) is 14.9. The van der Waals surface area contributed by atoms with Gasteiger partial charge in [-0.1, -0.05) is 17.7 Å². The van der Waals surface area contributed by atoms with Gasteiger partial charge in [-0.25, -0.2) is 0 Å². The first-order chi connectivity index (χ1) is 9.20. The van der Waals surface area contributed by atoms with E-state index in [9.17, 15) is 5.11 Å². The minimum Gasteiger partial charge on any atom is -0.388 e. The lowest BCUT2D eigenvalue weighted by Gasteiger charge is -2.28. The second-order valence-electron chi connectivity index (χ2n) is 5.14. The van der Waals surface area contributed by atoms with Crippen LogP contribution >= 0.6 is 11.8 Å². The predicted octanol–water partition coefficient (Wildman–Crippen LogP) is 2.05. The molecule has 1 unspecified atom stereocenters. The average Bonchev–Trinajstić information content (AvgIpc) is 2.46. The topological polar surface area (TPSA) is 35.5 Å². The lowest BCUT2D eigenvalue weighted by atomic mass is 10.0. The van der Waals surface area contributed by atoms with Crippen molar-refractivity contribution in [3.8, 4) is 0 Å². The monoisotopic (exact) mass is 280 g/mol. The van der Waals surface area contributed by atoms with E-state index < -0.39 is 0 Å². The number of aryl methyl sites for hydroxylation is 1. The summed E-state index contributed by atoms with van der Waals surface area (Å²) in [4.78, 5) is 3.62.